The minimum Gasteiger partial charge on any atom is -0.487 e. The zero-order valence-electron chi connectivity index (χ0n) is 19.7. The number of esters is 1. The van der Waals surface area contributed by atoms with Crippen molar-refractivity contribution in [1.29, 1.82) is 0 Å². The zero-order chi connectivity index (χ0) is 27.7. The third kappa shape index (κ3) is 5.29. The van der Waals surface area contributed by atoms with Crippen LogP contribution in [0.2, 0.25) is 0 Å². The maximum Gasteiger partial charge on any atom is 0.340 e. The minimum atomic E-state index is -4.36. The number of cyclic esters (lactones) is 1. The Morgan fingerprint density at radius 3 is 2.53 bits per heavy atom. The number of aromatic nitrogens is 3. The first kappa shape index (κ1) is 26.9. The van der Waals surface area contributed by atoms with Gasteiger partial charge in [0.05, 0.1) is 12.6 Å². The van der Waals surface area contributed by atoms with E-state index in [2.05, 4.69) is 10.1 Å². The van der Waals surface area contributed by atoms with Gasteiger partial charge >= 0.3 is 18.3 Å². The second kappa shape index (κ2) is 10.3. The average molecular weight is 542 g/mol. The van der Waals surface area contributed by atoms with E-state index in [1.165, 1.54) is 36.4 Å². The summed E-state index contributed by atoms with van der Waals surface area (Å²) in [7, 11) is 0. The molecule has 14 heteroatoms. The van der Waals surface area contributed by atoms with E-state index in [1.807, 2.05) is 0 Å². The zero-order valence-corrected chi connectivity index (χ0v) is 19.7. The second-order valence-corrected chi connectivity index (χ2v) is 8.56. The third-order valence-corrected chi connectivity index (χ3v) is 6.10. The van der Waals surface area contributed by atoms with Gasteiger partial charge in [0.2, 0.25) is 0 Å². The second-order valence-electron chi connectivity index (χ2n) is 8.56. The average Bonchev–Trinajstić information content (AvgIpc) is 3.37. The van der Waals surface area contributed by atoms with E-state index in [0.717, 1.165) is 29.2 Å². The molecular formula is C24H20F6N4O4. The van der Waals surface area contributed by atoms with Crippen molar-refractivity contribution in [3.8, 4) is 5.75 Å². The van der Waals surface area contributed by atoms with Crippen molar-refractivity contribution in [2.24, 2.45) is 0 Å². The van der Waals surface area contributed by atoms with Crippen molar-refractivity contribution in [1.82, 2.24) is 19.7 Å². The lowest BCUT2D eigenvalue weighted by Crippen LogP contribution is -2.61. The summed E-state index contributed by atoms with van der Waals surface area (Å²) in [6.07, 6.45) is -1.42. The number of amides is 1. The molecule has 0 aliphatic carbocycles. The van der Waals surface area contributed by atoms with E-state index >= 15 is 4.39 Å². The van der Waals surface area contributed by atoms with Gasteiger partial charge in [-0.15, -0.1) is 0 Å². The summed E-state index contributed by atoms with van der Waals surface area (Å²) in [5, 5.41) is 3.97. The number of hydrogen-bond donors (Lipinski definition) is 0. The molecule has 0 N–H and O–H groups in total. The van der Waals surface area contributed by atoms with Gasteiger partial charge in [-0.3, -0.25) is 9.59 Å². The number of carbonyl (C=O) groups excluding carboxylic acids is 2. The molecule has 0 saturated carbocycles. The molecule has 1 aliphatic heterocycles. The number of ether oxygens (including phenoxy) is 2. The lowest BCUT2D eigenvalue weighted by Gasteiger charge is -2.47. The largest absolute Gasteiger partial charge is 0.487 e. The maximum atomic E-state index is 15.0. The van der Waals surface area contributed by atoms with Crippen molar-refractivity contribution in [2.45, 2.75) is 37.5 Å². The van der Waals surface area contributed by atoms with Gasteiger partial charge in [0, 0.05) is 17.2 Å². The molecule has 1 aromatic heterocycles. The Labute approximate surface area is 211 Å². The highest BCUT2D eigenvalue weighted by Crippen LogP contribution is 2.39. The topological polar surface area (TPSA) is 86.5 Å². The number of benzene rings is 2. The van der Waals surface area contributed by atoms with Crippen LogP contribution in [0.25, 0.3) is 0 Å². The molecule has 2 atom stereocenters. The molecule has 4 rings (SSSR count). The van der Waals surface area contributed by atoms with Gasteiger partial charge in [0.1, 0.15) is 36.6 Å². The Morgan fingerprint density at radius 2 is 1.92 bits per heavy atom. The van der Waals surface area contributed by atoms with Crippen LogP contribution in [0.1, 0.15) is 22.8 Å². The third-order valence-electron chi connectivity index (χ3n) is 6.10. The van der Waals surface area contributed by atoms with Gasteiger partial charge in [-0.2, -0.15) is 13.9 Å². The highest BCUT2D eigenvalue weighted by molar-refractivity contribution is 5.97. The molecule has 1 fully saturated rings. The van der Waals surface area contributed by atoms with Crippen molar-refractivity contribution in [2.75, 3.05) is 13.2 Å². The van der Waals surface area contributed by atoms with Crippen molar-refractivity contribution >= 4 is 11.9 Å². The monoisotopic (exact) mass is 542 g/mol. The Bertz CT molecular complexity index is 1310. The summed E-state index contributed by atoms with van der Waals surface area (Å²) >= 11 is 0. The van der Waals surface area contributed by atoms with Gasteiger partial charge in [0.25, 0.3) is 5.91 Å². The summed E-state index contributed by atoms with van der Waals surface area (Å²) < 4.78 is 91.2. The normalized spacial score (nSPS) is 19.9. The van der Waals surface area contributed by atoms with Gasteiger partial charge in [-0.1, -0.05) is 0 Å². The summed E-state index contributed by atoms with van der Waals surface area (Å²) in [5.41, 5.74) is -2.04. The van der Waals surface area contributed by atoms with E-state index in [9.17, 15) is 31.5 Å². The number of alkyl halides is 4. The number of rotatable bonds is 8. The smallest absolute Gasteiger partial charge is 0.340 e. The van der Waals surface area contributed by atoms with Gasteiger partial charge < -0.3 is 14.4 Å². The fraction of sp³-hybridized carbons (Fsp3) is 0.333. The van der Waals surface area contributed by atoms with Crippen LogP contribution in [0.5, 0.6) is 5.75 Å². The summed E-state index contributed by atoms with van der Waals surface area (Å²) in [4.78, 5) is 31.1. The lowest BCUT2D eigenvalue weighted by atomic mass is 9.83. The van der Waals surface area contributed by atoms with Crippen molar-refractivity contribution in [3.63, 3.8) is 0 Å². The van der Waals surface area contributed by atoms with E-state index < -0.39 is 60.7 Å². The highest BCUT2D eigenvalue weighted by Gasteiger charge is 2.52. The van der Waals surface area contributed by atoms with Gasteiger partial charge in [0.15, 0.2) is 12.2 Å². The molecule has 3 aromatic rings. The van der Waals surface area contributed by atoms with Crippen LogP contribution < -0.4 is 4.74 Å². The Balaban J connectivity index is 1.64. The molecule has 202 valence electrons. The van der Waals surface area contributed by atoms with E-state index in [-0.39, 0.29) is 23.4 Å². The van der Waals surface area contributed by atoms with E-state index in [4.69, 9.17) is 9.47 Å². The van der Waals surface area contributed by atoms with Crippen LogP contribution >= 0.6 is 0 Å². The van der Waals surface area contributed by atoms with E-state index in [1.54, 1.807) is 0 Å². The number of hydrogen-bond acceptors (Lipinski definition) is 6. The van der Waals surface area contributed by atoms with Crippen LogP contribution in [0.15, 0.2) is 55.1 Å². The highest BCUT2D eigenvalue weighted by atomic mass is 19.3. The molecule has 0 spiro atoms. The number of nitrogens with zero attached hydrogens (tertiary/aromatic N) is 4. The predicted octanol–water partition coefficient (Wildman–Crippen LogP) is 3.82. The standard InChI is InChI=1S/C24H20F6N4O4/c1-14-23(10-33-13-31-12-32-33,18-7-4-16(25)8-19(18)26)38-20(35)9-34(14)21(36)15-2-5-17(6-3-15)37-11-24(29,30)22(27)28/h2-8,12-14,22H,9-11H2,1H3/t14-,23-/m1/s1. The molecule has 2 heterocycles. The SMILES string of the molecule is C[C@H]1N(C(=O)c2ccc(OCC(F)(F)C(F)F)cc2)CC(=O)O[C@@]1(Cn1cncn1)c1ccc(F)cc1F. The van der Waals surface area contributed by atoms with Gasteiger partial charge in [-0.05, 0) is 43.3 Å². The van der Waals surface area contributed by atoms with Crippen molar-refractivity contribution < 1.29 is 45.4 Å². The Kier molecular flexibility index (Phi) is 7.33. The molecule has 1 aliphatic rings. The van der Waals surface area contributed by atoms with Crippen LogP contribution in [0.4, 0.5) is 26.3 Å². The first-order chi connectivity index (χ1) is 17.9. The molecule has 2 aromatic carbocycles. The molecule has 0 unspecified atom stereocenters. The summed E-state index contributed by atoms with van der Waals surface area (Å²) in [5.74, 6) is -8.01. The molecular weight excluding hydrogens is 522 g/mol. The predicted molar refractivity (Wildman–Crippen MR) is 118 cm³/mol. The molecule has 38 heavy (non-hydrogen) atoms. The first-order valence-corrected chi connectivity index (χ1v) is 11.1. The molecule has 1 amide bonds. The molecule has 0 radical (unpaired) electrons. The van der Waals surface area contributed by atoms with E-state index in [0.29, 0.717) is 6.07 Å². The number of morpholine rings is 1. The number of carbonyl (C=O) groups is 2. The fourth-order valence-electron chi connectivity index (χ4n) is 4.12. The van der Waals surface area contributed by atoms with Crippen LogP contribution in [-0.2, 0) is 21.7 Å². The molecule has 0 bridgehead atoms. The van der Waals surface area contributed by atoms with Crippen LogP contribution in [0.3, 0.4) is 0 Å². The van der Waals surface area contributed by atoms with Crippen LogP contribution in [0, 0.1) is 11.6 Å². The minimum absolute atomic E-state index is 0.00578. The summed E-state index contributed by atoms with van der Waals surface area (Å²) in [6.45, 7) is -0.840. The van der Waals surface area contributed by atoms with Crippen LogP contribution in [-0.4, -0.2) is 63.1 Å². The lowest BCUT2D eigenvalue weighted by molar-refractivity contribution is -0.186. The Morgan fingerprint density at radius 1 is 1.21 bits per heavy atom. The first-order valence-electron chi connectivity index (χ1n) is 11.1. The fourth-order valence-corrected chi connectivity index (χ4v) is 4.12. The quantitative estimate of drug-likeness (QED) is 0.318. The Hall–Kier alpha value is -4.10. The molecule has 1 saturated heterocycles. The van der Waals surface area contributed by atoms with Crippen molar-refractivity contribution in [3.05, 3.63) is 77.9 Å². The number of halogens is 6. The molecule has 8 nitrogen and oxygen atoms in total. The van der Waals surface area contributed by atoms with Gasteiger partial charge in [-0.25, -0.2) is 27.2 Å². The maximum absolute atomic E-state index is 15.0. The summed E-state index contributed by atoms with van der Waals surface area (Å²) in [6, 6.07) is 6.35.